The fourth-order valence-corrected chi connectivity index (χ4v) is 1.89. The Morgan fingerprint density at radius 1 is 1.41 bits per heavy atom. The van der Waals surface area contributed by atoms with E-state index < -0.39 is 0 Å². The summed E-state index contributed by atoms with van der Waals surface area (Å²) in [7, 11) is 4.00. The second kappa shape index (κ2) is 5.27. The molecule has 0 spiro atoms. The van der Waals surface area contributed by atoms with Gasteiger partial charge < -0.3 is 20.1 Å². The number of nitrogens with two attached hydrogens (primary N) is 1. The molecule has 1 fully saturated rings. The van der Waals surface area contributed by atoms with Gasteiger partial charge in [0.15, 0.2) is 0 Å². The van der Waals surface area contributed by atoms with E-state index in [1.807, 2.05) is 37.2 Å². The Morgan fingerprint density at radius 2 is 2.24 bits per heavy atom. The molecular formula is C13H20N2O2. The largest absolute Gasteiger partial charge is 0.486 e. The first-order chi connectivity index (χ1) is 8.16. The van der Waals surface area contributed by atoms with Gasteiger partial charge in [0.2, 0.25) is 0 Å². The Kier molecular flexibility index (Phi) is 3.74. The standard InChI is InChI=1S/C13H20N2O2/c1-15(2)10-5-6-12(14)13(8-10)17-11-4-3-7-16-9-11/h5-6,8,11H,3-4,7,9,14H2,1-2H3. The summed E-state index contributed by atoms with van der Waals surface area (Å²) in [6, 6.07) is 5.85. The molecule has 0 saturated carbocycles. The molecule has 1 saturated heterocycles. The van der Waals surface area contributed by atoms with Gasteiger partial charge in [-0.2, -0.15) is 0 Å². The van der Waals surface area contributed by atoms with Gasteiger partial charge in [0, 0.05) is 32.5 Å². The Hall–Kier alpha value is -1.42. The van der Waals surface area contributed by atoms with Gasteiger partial charge in [0.1, 0.15) is 11.9 Å². The number of nitrogens with zero attached hydrogens (tertiary/aromatic N) is 1. The molecule has 2 N–H and O–H groups in total. The highest BCUT2D eigenvalue weighted by atomic mass is 16.5. The van der Waals surface area contributed by atoms with Crippen molar-refractivity contribution < 1.29 is 9.47 Å². The highest BCUT2D eigenvalue weighted by Crippen LogP contribution is 2.28. The Balaban J connectivity index is 2.10. The highest BCUT2D eigenvalue weighted by molar-refractivity contribution is 5.61. The first kappa shape index (κ1) is 12.0. The van der Waals surface area contributed by atoms with Crippen LogP contribution in [0.5, 0.6) is 5.75 Å². The number of hydrogen-bond donors (Lipinski definition) is 1. The minimum Gasteiger partial charge on any atom is -0.486 e. The first-order valence-corrected chi connectivity index (χ1v) is 5.98. The molecule has 4 nitrogen and oxygen atoms in total. The number of benzene rings is 1. The van der Waals surface area contributed by atoms with E-state index in [4.69, 9.17) is 15.2 Å². The molecule has 94 valence electrons. The summed E-state index contributed by atoms with van der Waals surface area (Å²) in [5.41, 5.74) is 7.69. The zero-order chi connectivity index (χ0) is 12.3. The molecule has 4 heteroatoms. The predicted octanol–water partition coefficient (Wildman–Crippen LogP) is 1.89. The Labute approximate surface area is 102 Å². The van der Waals surface area contributed by atoms with Gasteiger partial charge in [0.05, 0.1) is 12.3 Å². The lowest BCUT2D eigenvalue weighted by molar-refractivity contribution is 0.00777. The van der Waals surface area contributed by atoms with E-state index in [2.05, 4.69) is 0 Å². The van der Waals surface area contributed by atoms with Gasteiger partial charge in [-0.05, 0) is 25.0 Å². The maximum atomic E-state index is 5.92. The lowest BCUT2D eigenvalue weighted by atomic mass is 10.1. The third-order valence-electron chi connectivity index (χ3n) is 2.93. The fraction of sp³-hybridized carbons (Fsp3) is 0.538. The monoisotopic (exact) mass is 236 g/mol. The first-order valence-electron chi connectivity index (χ1n) is 5.98. The van der Waals surface area contributed by atoms with Crippen molar-refractivity contribution in [2.45, 2.75) is 18.9 Å². The van der Waals surface area contributed by atoms with Crippen LogP contribution in [0.4, 0.5) is 11.4 Å². The number of nitrogen functional groups attached to an aromatic ring is 1. The van der Waals surface area contributed by atoms with Crippen LogP contribution in [-0.4, -0.2) is 33.4 Å². The molecule has 17 heavy (non-hydrogen) atoms. The van der Waals surface area contributed by atoms with E-state index in [1.54, 1.807) is 0 Å². The number of hydrogen-bond acceptors (Lipinski definition) is 4. The summed E-state index contributed by atoms with van der Waals surface area (Å²) in [4.78, 5) is 2.03. The average Bonchev–Trinajstić information content (AvgIpc) is 2.33. The van der Waals surface area contributed by atoms with Crippen LogP contribution in [0, 0.1) is 0 Å². The van der Waals surface area contributed by atoms with Crippen molar-refractivity contribution >= 4 is 11.4 Å². The summed E-state index contributed by atoms with van der Waals surface area (Å²) in [5, 5.41) is 0. The van der Waals surface area contributed by atoms with Gasteiger partial charge in [-0.1, -0.05) is 0 Å². The third-order valence-corrected chi connectivity index (χ3v) is 2.93. The maximum absolute atomic E-state index is 5.92. The Bertz CT molecular complexity index is 374. The molecule has 1 unspecified atom stereocenters. The van der Waals surface area contributed by atoms with Crippen molar-refractivity contribution in [3.05, 3.63) is 18.2 Å². The van der Waals surface area contributed by atoms with Gasteiger partial charge in [0.25, 0.3) is 0 Å². The predicted molar refractivity (Wildman–Crippen MR) is 69.7 cm³/mol. The van der Waals surface area contributed by atoms with E-state index in [1.165, 1.54) is 0 Å². The van der Waals surface area contributed by atoms with Gasteiger partial charge >= 0.3 is 0 Å². The third kappa shape index (κ3) is 3.03. The van der Waals surface area contributed by atoms with E-state index in [0.717, 1.165) is 30.9 Å². The molecular weight excluding hydrogens is 216 g/mol. The van der Waals surface area contributed by atoms with Gasteiger partial charge in [-0.3, -0.25) is 0 Å². The van der Waals surface area contributed by atoms with Crippen LogP contribution in [0.1, 0.15) is 12.8 Å². The van der Waals surface area contributed by atoms with Crippen LogP contribution in [0.3, 0.4) is 0 Å². The molecule has 1 aliphatic rings. The molecule has 1 aliphatic heterocycles. The van der Waals surface area contributed by atoms with Crippen molar-refractivity contribution in [3.8, 4) is 5.75 Å². The molecule has 0 radical (unpaired) electrons. The van der Waals surface area contributed by atoms with Crippen LogP contribution in [-0.2, 0) is 4.74 Å². The maximum Gasteiger partial charge on any atom is 0.144 e. The number of anilines is 2. The topological polar surface area (TPSA) is 47.7 Å². The molecule has 0 aromatic heterocycles. The van der Waals surface area contributed by atoms with Crippen LogP contribution >= 0.6 is 0 Å². The van der Waals surface area contributed by atoms with Crippen molar-refractivity contribution in [2.24, 2.45) is 0 Å². The molecule has 2 rings (SSSR count). The minimum atomic E-state index is 0.128. The van der Waals surface area contributed by atoms with Crippen LogP contribution < -0.4 is 15.4 Å². The van der Waals surface area contributed by atoms with E-state index in [0.29, 0.717) is 12.3 Å². The second-order valence-corrected chi connectivity index (χ2v) is 4.57. The zero-order valence-corrected chi connectivity index (χ0v) is 10.5. The van der Waals surface area contributed by atoms with Crippen molar-refractivity contribution in [3.63, 3.8) is 0 Å². The number of ether oxygens (including phenoxy) is 2. The minimum absolute atomic E-state index is 0.128. The molecule has 1 heterocycles. The summed E-state index contributed by atoms with van der Waals surface area (Å²) in [6.45, 7) is 1.50. The summed E-state index contributed by atoms with van der Waals surface area (Å²) < 4.78 is 11.3. The SMILES string of the molecule is CN(C)c1ccc(N)c(OC2CCCOC2)c1. The lowest BCUT2D eigenvalue weighted by Gasteiger charge is -2.24. The zero-order valence-electron chi connectivity index (χ0n) is 10.5. The average molecular weight is 236 g/mol. The van der Waals surface area contributed by atoms with Crippen molar-refractivity contribution in [1.29, 1.82) is 0 Å². The van der Waals surface area contributed by atoms with Gasteiger partial charge in [-0.15, -0.1) is 0 Å². The molecule has 0 bridgehead atoms. The van der Waals surface area contributed by atoms with E-state index in [9.17, 15) is 0 Å². The molecule has 1 atom stereocenters. The fourth-order valence-electron chi connectivity index (χ4n) is 1.89. The number of rotatable bonds is 3. The van der Waals surface area contributed by atoms with Gasteiger partial charge in [-0.25, -0.2) is 0 Å². The molecule has 0 aliphatic carbocycles. The summed E-state index contributed by atoms with van der Waals surface area (Å²) in [6.07, 6.45) is 2.22. The smallest absolute Gasteiger partial charge is 0.144 e. The normalized spacial score (nSPS) is 20.0. The van der Waals surface area contributed by atoms with E-state index >= 15 is 0 Å². The van der Waals surface area contributed by atoms with Crippen LogP contribution in [0.2, 0.25) is 0 Å². The van der Waals surface area contributed by atoms with E-state index in [-0.39, 0.29) is 6.10 Å². The van der Waals surface area contributed by atoms with Crippen molar-refractivity contribution in [1.82, 2.24) is 0 Å². The Morgan fingerprint density at radius 3 is 2.88 bits per heavy atom. The highest BCUT2D eigenvalue weighted by Gasteiger charge is 2.16. The molecule has 1 aromatic carbocycles. The summed E-state index contributed by atoms with van der Waals surface area (Å²) >= 11 is 0. The van der Waals surface area contributed by atoms with Crippen LogP contribution in [0.15, 0.2) is 18.2 Å². The van der Waals surface area contributed by atoms with Crippen LogP contribution in [0.25, 0.3) is 0 Å². The van der Waals surface area contributed by atoms with Crippen molar-refractivity contribution in [2.75, 3.05) is 37.9 Å². The molecule has 0 amide bonds. The quantitative estimate of drug-likeness (QED) is 0.814. The molecule has 1 aromatic rings. The summed E-state index contributed by atoms with van der Waals surface area (Å²) in [5.74, 6) is 0.756. The second-order valence-electron chi connectivity index (χ2n) is 4.57. The lowest BCUT2D eigenvalue weighted by Crippen LogP contribution is -2.28.